The summed E-state index contributed by atoms with van der Waals surface area (Å²) in [6.45, 7) is 3.01. The van der Waals surface area contributed by atoms with Crippen LogP contribution < -0.4 is 5.32 Å². The highest BCUT2D eigenvalue weighted by atomic mass is 16.5. The lowest BCUT2D eigenvalue weighted by molar-refractivity contribution is -0.150. The zero-order chi connectivity index (χ0) is 16.5. The molecule has 1 rings (SSSR count). The van der Waals surface area contributed by atoms with Crippen LogP contribution in [0.3, 0.4) is 0 Å². The lowest BCUT2D eigenvalue weighted by atomic mass is 10.2. The van der Waals surface area contributed by atoms with Crippen LogP contribution in [-0.4, -0.2) is 28.9 Å². The van der Waals surface area contributed by atoms with Gasteiger partial charge in [0.05, 0.1) is 6.42 Å². The summed E-state index contributed by atoms with van der Waals surface area (Å²) in [4.78, 5) is 33.8. The first-order chi connectivity index (χ1) is 10.4. The molecule has 0 aromatic heterocycles. The number of ether oxygens (including phenoxy) is 1. The number of hydrogen-bond acceptors (Lipinski definition) is 5. The molecule has 0 fully saturated rings. The number of benzene rings is 1. The smallest absolute Gasteiger partial charge is 0.326 e. The number of esters is 1. The van der Waals surface area contributed by atoms with Crippen molar-refractivity contribution in [2.75, 3.05) is 0 Å². The first-order valence-electron chi connectivity index (χ1n) is 6.76. The van der Waals surface area contributed by atoms with E-state index in [1.54, 1.807) is 19.1 Å². The molecule has 0 saturated heterocycles. The zero-order valence-corrected chi connectivity index (χ0v) is 12.5. The van der Waals surface area contributed by atoms with Crippen molar-refractivity contribution >= 4 is 17.7 Å². The molecule has 118 valence electrons. The third kappa shape index (κ3) is 6.69. The fraction of sp³-hybridized carbons (Fsp3) is 0.312. The van der Waals surface area contributed by atoms with Crippen LogP contribution in [0.25, 0.3) is 0 Å². The van der Waals surface area contributed by atoms with Crippen LogP contribution in [-0.2, 0) is 25.7 Å². The molecule has 0 amide bonds. The molecule has 2 N–H and O–H groups in total. The van der Waals surface area contributed by atoms with Crippen LogP contribution in [0.1, 0.15) is 25.8 Å². The van der Waals surface area contributed by atoms with Gasteiger partial charge in [0.25, 0.3) is 0 Å². The highest BCUT2D eigenvalue weighted by molar-refractivity contribution is 5.88. The number of aliphatic carboxylic acids is 1. The summed E-state index contributed by atoms with van der Waals surface area (Å²) in [7, 11) is 0. The van der Waals surface area contributed by atoms with Crippen molar-refractivity contribution in [1.82, 2.24) is 5.32 Å². The number of carboxylic acid groups (broad SMARTS) is 1. The molecular weight excluding hydrogens is 286 g/mol. The van der Waals surface area contributed by atoms with E-state index in [2.05, 4.69) is 5.32 Å². The number of carbonyl (C=O) groups is 3. The predicted octanol–water partition coefficient (Wildman–Crippen LogP) is 1.66. The maximum Gasteiger partial charge on any atom is 0.326 e. The van der Waals surface area contributed by atoms with Crippen LogP contribution in [0.2, 0.25) is 0 Å². The van der Waals surface area contributed by atoms with Crippen LogP contribution in [0, 0.1) is 0 Å². The van der Waals surface area contributed by atoms with E-state index in [0.29, 0.717) is 5.70 Å². The molecule has 1 atom stereocenters. The van der Waals surface area contributed by atoms with Crippen LogP contribution >= 0.6 is 0 Å². The summed E-state index contributed by atoms with van der Waals surface area (Å²) in [5.41, 5.74) is 1.21. The maximum atomic E-state index is 11.7. The fourth-order valence-corrected chi connectivity index (χ4v) is 1.79. The molecule has 6 heteroatoms. The Morgan fingerprint density at radius 1 is 1.23 bits per heavy atom. The van der Waals surface area contributed by atoms with E-state index < -0.39 is 18.0 Å². The topological polar surface area (TPSA) is 92.7 Å². The molecule has 0 aliphatic carbocycles. The number of ketones is 1. The van der Waals surface area contributed by atoms with E-state index in [1.807, 2.05) is 18.2 Å². The third-order valence-corrected chi connectivity index (χ3v) is 2.73. The van der Waals surface area contributed by atoms with Crippen molar-refractivity contribution in [3.05, 3.63) is 47.7 Å². The van der Waals surface area contributed by atoms with Crippen LogP contribution in [0.4, 0.5) is 0 Å². The van der Waals surface area contributed by atoms with Gasteiger partial charge in [-0.1, -0.05) is 30.3 Å². The second-order valence-corrected chi connectivity index (χ2v) is 4.82. The van der Waals surface area contributed by atoms with E-state index in [9.17, 15) is 14.4 Å². The second kappa shape index (κ2) is 8.61. The van der Waals surface area contributed by atoms with Gasteiger partial charge in [-0.15, -0.1) is 0 Å². The van der Waals surface area contributed by atoms with Gasteiger partial charge in [0, 0.05) is 5.70 Å². The Labute approximate surface area is 128 Å². The lowest BCUT2D eigenvalue weighted by Crippen LogP contribution is -2.38. The Kier molecular flexibility index (Phi) is 6.82. The Balaban J connectivity index is 2.54. The van der Waals surface area contributed by atoms with Crippen molar-refractivity contribution in [3.8, 4) is 0 Å². The number of nitrogens with one attached hydrogen (secondary N) is 1. The van der Waals surface area contributed by atoms with Crippen molar-refractivity contribution in [1.29, 1.82) is 0 Å². The lowest BCUT2D eigenvalue weighted by Gasteiger charge is -2.15. The van der Waals surface area contributed by atoms with E-state index in [1.165, 1.54) is 13.0 Å². The molecule has 0 radical (unpaired) electrons. The van der Waals surface area contributed by atoms with Gasteiger partial charge in [-0.3, -0.25) is 9.59 Å². The normalized spacial score (nSPS) is 12.4. The quantitative estimate of drug-likeness (QED) is 0.560. The van der Waals surface area contributed by atoms with Crippen molar-refractivity contribution in [3.63, 3.8) is 0 Å². The summed E-state index contributed by atoms with van der Waals surface area (Å²) in [6.07, 6.45) is 0.941. The number of carboxylic acids is 1. The van der Waals surface area contributed by atoms with Gasteiger partial charge in [-0.25, -0.2) is 4.79 Å². The van der Waals surface area contributed by atoms with Gasteiger partial charge in [0.2, 0.25) is 0 Å². The van der Waals surface area contributed by atoms with Gasteiger partial charge in [-0.05, 0) is 25.5 Å². The average Bonchev–Trinajstić information content (AvgIpc) is 2.44. The van der Waals surface area contributed by atoms with E-state index >= 15 is 0 Å². The molecule has 6 nitrogen and oxygen atoms in total. The minimum atomic E-state index is -1.19. The molecule has 0 aliphatic rings. The summed E-state index contributed by atoms with van der Waals surface area (Å²) >= 11 is 0. The van der Waals surface area contributed by atoms with Crippen molar-refractivity contribution in [2.24, 2.45) is 0 Å². The highest BCUT2D eigenvalue weighted by Crippen LogP contribution is 2.04. The molecule has 1 aromatic carbocycles. The van der Waals surface area contributed by atoms with Gasteiger partial charge >= 0.3 is 11.9 Å². The zero-order valence-electron chi connectivity index (χ0n) is 12.5. The third-order valence-electron chi connectivity index (χ3n) is 2.73. The summed E-state index contributed by atoms with van der Waals surface area (Å²) in [6, 6.07) is 7.96. The highest BCUT2D eigenvalue weighted by Gasteiger charge is 2.22. The molecule has 1 aromatic rings. The fourth-order valence-electron chi connectivity index (χ4n) is 1.79. The van der Waals surface area contributed by atoms with Crippen LogP contribution in [0.15, 0.2) is 42.1 Å². The Bertz CT molecular complexity index is 565. The Morgan fingerprint density at radius 3 is 2.41 bits per heavy atom. The Morgan fingerprint density at radius 2 is 1.86 bits per heavy atom. The summed E-state index contributed by atoms with van der Waals surface area (Å²) < 4.78 is 5.04. The van der Waals surface area contributed by atoms with E-state index in [0.717, 1.165) is 5.56 Å². The van der Waals surface area contributed by atoms with Crippen molar-refractivity contribution < 1.29 is 24.2 Å². The second-order valence-electron chi connectivity index (χ2n) is 4.82. The van der Waals surface area contributed by atoms with Crippen LogP contribution in [0.5, 0.6) is 0 Å². The minimum absolute atomic E-state index is 0.0915. The maximum absolute atomic E-state index is 11.7. The summed E-state index contributed by atoms with van der Waals surface area (Å²) in [5, 5.41) is 11.7. The van der Waals surface area contributed by atoms with Gasteiger partial charge in [-0.2, -0.15) is 0 Å². The van der Waals surface area contributed by atoms with Gasteiger partial charge in [0.15, 0.2) is 5.78 Å². The number of rotatable bonds is 8. The average molecular weight is 305 g/mol. The molecule has 0 spiro atoms. The van der Waals surface area contributed by atoms with E-state index in [4.69, 9.17) is 9.84 Å². The molecule has 0 unspecified atom stereocenters. The molecule has 0 saturated carbocycles. The molecule has 0 aliphatic heterocycles. The number of hydrogen-bond donors (Lipinski definition) is 2. The SMILES string of the molecule is CC(=O)C=C(C)N[C@@H](CC(=O)OCc1ccccc1)C(=O)O. The van der Waals surface area contributed by atoms with Gasteiger partial charge in [0.1, 0.15) is 12.6 Å². The molecule has 22 heavy (non-hydrogen) atoms. The Hall–Kier alpha value is -2.63. The van der Waals surface area contributed by atoms with Crippen molar-refractivity contribution in [2.45, 2.75) is 32.9 Å². The first kappa shape index (κ1) is 17.4. The number of carbonyl (C=O) groups excluding carboxylic acids is 2. The first-order valence-corrected chi connectivity index (χ1v) is 6.76. The molecular formula is C16H19NO5. The molecule has 0 heterocycles. The van der Waals surface area contributed by atoms with E-state index in [-0.39, 0.29) is 18.8 Å². The standard InChI is InChI=1S/C16H19NO5/c1-11(8-12(2)18)17-14(16(20)21)9-15(19)22-10-13-6-4-3-5-7-13/h3-8,14,17H,9-10H2,1-2H3,(H,20,21)/t14-/m0/s1. The molecule has 0 bridgehead atoms. The monoisotopic (exact) mass is 305 g/mol. The minimum Gasteiger partial charge on any atom is -0.480 e. The summed E-state index contributed by atoms with van der Waals surface area (Å²) in [5.74, 6) is -2.02. The largest absolute Gasteiger partial charge is 0.480 e. The van der Waals surface area contributed by atoms with Gasteiger partial charge < -0.3 is 15.2 Å². The number of allylic oxidation sites excluding steroid dienone is 2. The predicted molar refractivity (Wildman–Crippen MR) is 79.9 cm³/mol.